The van der Waals surface area contributed by atoms with Gasteiger partial charge in [-0.05, 0) is 17.9 Å². The van der Waals surface area contributed by atoms with Gasteiger partial charge in [0.1, 0.15) is 0 Å². The van der Waals surface area contributed by atoms with Crippen molar-refractivity contribution >= 4 is 14.9 Å². The molecular formula is C14H22Si. The summed E-state index contributed by atoms with van der Waals surface area (Å²) in [7, 11) is -0.650. The molecule has 82 valence electrons. The van der Waals surface area contributed by atoms with E-state index in [1.165, 1.54) is 12.0 Å². The third-order valence-electron chi connectivity index (χ3n) is 2.54. The summed E-state index contributed by atoms with van der Waals surface area (Å²) in [5.74, 6) is 0.773. The Bertz CT molecular complexity index is 309. The average Bonchev–Trinajstić information content (AvgIpc) is 2.17. The fourth-order valence-electron chi connectivity index (χ4n) is 1.70. The molecule has 0 unspecified atom stereocenters. The van der Waals surface area contributed by atoms with Crippen molar-refractivity contribution in [1.82, 2.24) is 0 Å². The molecule has 0 nitrogen and oxygen atoms in total. The lowest BCUT2D eigenvalue weighted by atomic mass is 10.1. The Labute approximate surface area is 95.6 Å². The maximum absolute atomic E-state index is 2.41. The van der Waals surface area contributed by atoms with Crippen molar-refractivity contribution in [3.8, 4) is 0 Å². The van der Waals surface area contributed by atoms with Crippen LogP contribution in [0.1, 0.15) is 25.8 Å². The lowest BCUT2D eigenvalue weighted by Gasteiger charge is -2.13. The summed E-state index contributed by atoms with van der Waals surface area (Å²) in [6, 6.07) is 10.7. The number of hydrogen-bond acceptors (Lipinski definition) is 0. The van der Waals surface area contributed by atoms with E-state index < -0.39 is 8.80 Å². The number of allylic oxidation sites excluding steroid dienone is 1. The van der Waals surface area contributed by atoms with Crippen molar-refractivity contribution in [2.45, 2.75) is 33.4 Å². The molecule has 0 aliphatic carbocycles. The molecule has 15 heavy (non-hydrogen) atoms. The molecule has 1 aromatic rings. The molecule has 0 fully saturated rings. The molecule has 0 N–H and O–H groups in total. The molecule has 0 radical (unpaired) electrons. The Morgan fingerprint density at radius 1 is 1.20 bits per heavy atom. The van der Waals surface area contributed by atoms with Gasteiger partial charge in [-0.1, -0.05) is 68.5 Å². The van der Waals surface area contributed by atoms with Crippen molar-refractivity contribution in [1.29, 1.82) is 0 Å². The van der Waals surface area contributed by atoms with Crippen LogP contribution in [0, 0.1) is 5.92 Å². The minimum absolute atomic E-state index is 0.650. The van der Waals surface area contributed by atoms with Crippen LogP contribution < -0.4 is 0 Å². The van der Waals surface area contributed by atoms with Crippen LogP contribution in [0.2, 0.25) is 13.1 Å². The molecule has 0 saturated carbocycles. The second-order valence-electron chi connectivity index (χ2n) is 4.88. The van der Waals surface area contributed by atoms with Gasteiger partial charge in [0.2, 0.25) is 0 Å². The summed E-state index contributed by atoms with van der Waals surface area (Å²) in [4.78, 5) is 0. The third kappa shape index (κ3) is 4.48. The smallest absolute Gasteiger partial charge is 0.0596 e. The molecule has 0 aliphatic heterocycles. The monoisotopic (exact) mass is 218 g/mol. The van der Waals surface area contributed by atoms with Gasteiger partial charge in [0.25, 0.3) is 0 Å². The second-order valence-corrected chi connectivity index (χ2v) is 7.93. The first kappa shape index (κ1) is 12.2. The van der Waals surface area contributed by atoms with Crippen LogP contribution in [0.25, 0.3) is 6.08 Å². The fourth-order valence-corrected chi connectivity index (χ4v) is 3.16. The first-order chi connectivity index (χ1) is 7.09. The van der Waals surface area contributed by atoms with Gasteiger partial charge >= 0.3 is 0 Å². The van der Waals surface area contributed by atoms with Crippen LogP contribution in [-0.4, -0.2) is 8.80 Å². The molecule has 0 amide bonds. The average molecular weight is 218 g/mol. The van der Waals surface area contributed by atoms with Crippen LogP contribution in [0.15, 0.2) is 35.5 Å². The van der Waals surface area contributed by atoms with E-state index in [1.54, 1.807) is 5.20 Å². The van der Waals surface area contributed by atoms with Crippen LogP contribution >= 0.6 is 0 Å². The lowest BCUT2D eigenvalue weighted by molar-refractivity contribution is 0.657. The summed E-state index contributed by atoms with van der Waals surface area (Å²) in [6.07, 6.45) is 3.66. The number of benzene rings is 1. The molecule has 0 atom stereocenters. The quantitative estimate of drug-likeness (QED) is 0.666. The van der Waals surface area contributed by atoms with E-state index >= 15 is 0 Å². The van der Waals surface area contributed by atoms with E-state index in [9.17, 15) is 0 Å². The number of rotatable bonds is 4. The second kappa shape index (κ2) is 5.91. The first-order valence-corrected chi connectivity index (χ1v) is 8.73. The summed E-state index contributed by atoms with van der Waals surface area (Å²) in [6.45, 7) is 9.43. The zero-order chi connectivity index (χ0) is 11.3. The molecule has 0 spiro atoms. The van der Waals surface area contributed by atoms with E-state index in [4.69, 9.17) is 0 Å². The standard InChI is InChI=1S/C14H22Si/c1-12(2)10-14(15(3)4)11-13-8-6-5-7-9-13/h5-9,11-12,15H,10H2,1-4H3. The van der Waals surface area contributed by atoms with Gasteiger partial charge in [-0.2, -0.15) is 0 Å². The van der Waals surface area contributed by atoms with E-state index in [1.807, 2.05) is 0 Å². The molecule has 1 heteroatoms. The highest BCUT2D eigenvalue weighted by molar-refractivity contribution is 6.64. The van der Waals surface area contributed by atoms with Crippen molar-refractivity contribution in [3.63, 3.8) is 0 Å². The maximum atomic E-state index is 2.41. The fraction of sp³-hybridized carbons (Fsp3) is 0.429. The molecule has 0 saturated heterocycles. The van der Waals surface area contributed by atoms with Crippen molar-refractivity contribution in [3.05, 3.63) is 41.1 Å². The maximum Gasteiger partial charge on any atom is 0.0596 e. The van der Waals surface area contributed by atoms with Crippen LogP contribution in [0.3, 0.4) is 0 Å². The molecule has 0 heterocycles. The number of hydrogen-bond donors (Lipinski definition) is 0. The Morgan fingerprint density at radius 2 is 1.80 bits per heavy atom. The van der Waals surface area contributed by atoms with Crippen molar-refractivity contribution < 1.29 is 0 Å². The van der Waals surface area contributed by atoms with E-state index in [2.05, 4.69) is 63.3 Å². The van der Waals surface area contributed by atoms with Gasteiger partial charge in [0.15, 0.2) is 0 Å². The highest BCUT2D eigenvalue weighted by Crippen LogP contribution is 2.17. The van der Waals surface area contributed by atoms with Gasteiger partial charge in [0, 0.05) is 0 Å². The normalized spacial score (nSPS) is 12.5. The third-order valence-corrected chi connectivity index (χ3v) is 4.42. The minimum Gasteiger partial charge on any atom is -0.0838 e. The summed E-state index contributed by atoms with van der Waals surface area (Å²) < 4.78 is 0. The molecule has 0 aromatic heterocycles. The molecule has 1 rings (SSSR count). The zero-order valence-electron chi connectivity index (χ0n) is 10.3. The Hall–Kier alpha value is -0.823. The molecule has 0 bridgehead atoms. The molecule has 1 aromatic carbocycles. The summed E-state index contributed by atoms with van der Waals surface area (Å²) in [5, 5.41) is 1.69. The lowest BCUT2D eigenvalue weighted by Crippen LogP contribution is -2.08. The predicted octanol–water partition coefficient (Wildman–Crippen LogP) is 4.14. The van der Waals surface area contributed by atoms with Gasteiger partial charge in [-0.15, -0.1) is 0 Å². The molecular weight excluding hydrogens is 196 g/mol. The highest BCUT2D eigenvalue weighted by atomic mass is 28.3. The summed E-state index contributed by atoms with van der Waals surface area (Å²) in [5.41, 5.74) is 1.36. The summed E-state index contributed by atoms with van der Waals surface area (Å²) >= 11 is 0. The minimum atomic E-state index is -0.650. The van der Waals surface area contributed by atoms with E-state index in [-0.39, 0.29) is 0 Å². The van der Waals surface area contributed by atoms with Crippen molar-refractivity contribution in [2.75, 3.05) is 0 Å². The van der Waals surface area contributed by atoms with Gasteiger partial charge in [-0.3, -0.25) is 0 Å². The van der Waals surface area contributed by atoms with E-state index in [0.29, 0.717) is 0 Å². The highest BCUT2D eigenvalue weighted by Gasteiger charge is 2.06. The van der Waals surface area contributed by atoms with Crippen molar-refractivity contribution in [2.24, 2.45) is 5.92 Å². The van der Waals surface area contributed by atoms with Crippen LogP contribution in [0.4, 0.5) is 0 Å². The SMILES string of the molecule is CC(C)CC(=Cc1ccccc1)[SiH](C)C. The molecule has 0 aliphatic rings. The van der Waals surface area contributed by atoms with Gasteiger partial charge in [-0.25, -0.2) is 0 Å². The van der Waals surface area contributed by atoms with Gasteiger partial charge in [0.05, 0.1) is 8.80 Å². The Morgan fingerprint density at radius 3 is 2.27 bits per heavy atom. The Balaban J connectivity index is 2.84. The van der Waals surface area contributed by atoms with Gasteiger partial charge < -0.3 is 0 Å². The Kier molecular flexibility index (Phi) is 4.83. The predicted molar refractivity (Wildman–Crippen MR) is 72.8 cm³/mol. The topological polar surface area (TPSA) is 0 Å². The van der Waals surface area contributed by atoms with Crippen LogP contribution in [0.5, 0.6) is 0 Å². The van der Waals surface area contributed by atoms with Crippen LogP contribution in [-0.2, 0) is 0 Å². The zero-order valence-corrected chi connectivity index (χ0v) is 11.5. The largest absolute Gasteiger partial charge is 0.0838 e. The first-order valence-electron chi connectivity index (χ1n) is 5.85. The van der Waals surface area contributed by atoms with E-state index in [0.717, 1.165) is 5.92 Å².